The lowest BCUT2D eigenvalue weighted by molar-refractivity contribution is -0.138. The van der Waals surface area contributed by atoms with Gasteiger partial charge in [0.1, 0.15) is 6.10 Å². The van der Waals surface area contributed by atoms with Crippen molar-refractivity contribution >= 4 is 45.6 Å². The Morgan fingerprint density at radius 1 is 1.13 bits per heavy atom. The van der Waals surface area contributed by atoms with Crippen LogP contribution in [0.15, 0.2) is 64.4 Å². The largest absolute Gasteiger partial charge is 0.445 e. The first kappa shape index (κ1) is 41.9. The minimum Gasteiger partial charge on any atom is -0.445 e. The van der Waals surface area contributed by atoms with Crippen LogP contribution in [0, 0.1) is 5.92 Å². The van der Waals surface area contributed by atoms with E-state index in [2.05, 4.69) is 27.8 Å². The maximum absolute atomic E-state index is 14.1. The van der Waals surface area contributed by atoms with Gasteiger partial charge in [-0.2, -0.15) is 13.2 Å². The van der Waals surface area contributed by atoms with Gasteiger partial charge in [0, 0.05) is 46.7 Å². The summed E-state index contributed by atoms with van der Waals surface area (Å²) < 4.78 is 47.4. The number of anilines is 1. The molecule has 2 heterocycles. The number of nitrogens with zero attached hydrogens (tertiary/aromatic N) is 4. The molecule has 0 saturated carbocycles. The van der Waals surface area contributed by atoms with Gasteiger partial charge in [-0.25, -0.2) is 19.2 Å². The summed E-state index contributed by atoms with van der Waals surface area (Å²) in [5.74, 6) is -1.56. The van der Waals surface area contributed by atoms with Crippen molar-refractivity contribution in [3.05, 3.63) is 97.9 Å². The fourth-order valence-electron chi connectivity index (χ4n) is 5.82. The van der Waals surface area contributed by atoms with Gasteiger partial charge in [0.05, 0.1) is 29.5 Å². The zero-order chi connectivity index (χ0) is 40.2. The third-order valence-corrected chi connectivity index (χ3v) is 9.99. The lowest BCUT2D eigenvalue weighted by atomic mass is 9.96. The molecule has 1 aromatic heterocycles. The lowest BCUT2D eigenvalue weighted by Gasteiger charge is -2.35. The topological polar surface area (TPSA) is 157 Å². The monoisotopic (exact) mass is 816 g/mol. The van der Waals surface area contributed by atoms with E-state index < -0.39 is 53.4 Å². The third kappa shape index (κ3) is 9.27. The van der Waals surface area contributed by atoms with Gasteiger partial charge in [-0.3, -0.25) is 19.2 Å². The maximum atomic E-state index is 14.1. The number of benzene rings is 2. The number of ketones is 1. The molecule has 0 bridgehead atoms. The van der Waals surface area contributed by atoms with Gasteiger partial charge in [0.15, 0.2) is 5.78 Å². The zero-order valence-electron chi connectivity index (χ0n) is 30.9. The molecule has 0 aliphatic carbocycles. The second-order valence-corrected chi connectivity index (χ2v) is 14.5. The van der Waals surface area contributed by atoms with Crippen molar-refractivity contribution < 1.29 is 37.1 Å². The van der Waals surface area contributed by atoms with E-state index in [1.165, 1.54) is 52.9 Å². The molecule has 12 nitrogen and oxygen atoms in total. The van der Waals surface area contributed by atoms with Gasteiger partial charge in [-0.15, -0.1) is 6.58 Å². The minimum absolute atomic E-state index is 0.0735. The number of hydrogen-bond acceptors (Lipinski definition) is 9. The number of imide groups is 1. The highest BCUT2D eigenvalue weighted by atomic mass is 79.9. The van der Waals surface area contributed by atoms with Crippen molar-refractivity contribution in [1.29, 1.82) is 0 Å². The summed E-state index contributed by atoms with van der Waals surface area (Å²) >= 11 is 2.90. The predicted molar refractivity (Wildman–Crippen MR) is 200 cm³/mol. The number of fused-ring (bicyclic) bond motifs is 1. The number of hydrogen-bond donors (Lipinski definition) is 2. The van der Waals surface area contributed by atoms with Gasteiger partial charge in [-0.1, -0.05) is 42.8 Å². The Bertz CT molecular complexity index is 1980. The summed E-state index contributed by atoms with van der Waals surface area (Å²) in [4.78, 5) is 73.3. The van der Waals surface area contributed by atoms with Gasteiger partial charge in [-0.05, 0) is 75.1 Å². The van der Waals surface area contributed by atoms with E-state index in [0.29, 0.717) is 17.7 Å². The highest BCUT2D eigenvalue weighted by Crippen LogP contribution is 2.36. The summed E-state index contributed by atoms with van der Waals surface area (Å²) in [6.07, 6.45) is -4.47. The Balaban J connectivity index is 1.61. The van der Waals surface area contributed by atoms with Crippen LogP contribution in [0.25, 0.3) is 5.69 Å². The van der Waals surface area contributed by atoms with E-state index in [-0.39, 0.29) is 64.4 Å². The molecule has 0 spiro atoms. The number of carbonyl (C=O) groups is 4. The normalized spacial score (nSPS) is 15.9. The van der Waals surface area contributed by atoms with E-state index in [4.69, 9.17) is 15.5 Å². The van der Waals surface area contributed by atoms with E-state index in [1.54, 1.807) is 26.8 Å². The van der Waals surface area contributed by atoms with Crippen LogP contribution >= 0.6 is 15.9 Å². The second-order valence-electron chi connectivity index (χ2n) is 13.6. The molecule has 54 heavy (non-hydrogen) atoms. The van der Waals surface area contributed by atoms with E-state index >= 15 is 0 Å². The van der Waals surface area contributed by atoms with E-state index in [1.807, 2.05) is 13.8 Å². The van der Waals surface area contributed by atoms with Gasteiger partial charge >= 0.3 is 12.3 Å². The van der Waals surface area contributed by atoms with Crippen molar-refractivity contribution in [3.63, 3.8) is 0 Å². The zero-order valence-corrected chi connectivity index (χ0v) is 32.5. The fourth-order valence-corrected chi connectivity index (χ4v) is 6.30. The first-order valence-corrected chi connectivity index (χ1v) is 18.2. The minimum atomic E-state index is -4.68. The molecule has 4 rings (SSSR count). The van der Waals surface area contributed by atoms with E-state index in [0.717, 1.165) is 11.0 Å². The average molecular weight is 818 g/mol. The number of ether oxygens (including phenoxy) is 1. The standard InChI is InChI=1S/C38H44BrF3N6O6/c1-8-21(5)44-36-45-30-19-47(34(51)24-12-15-29(39)28(17-24)38(40,41)42)22(6)16-27(30)35(52)48(36)25-13-10-23(11-14-25)33(50)46(7)37(53)54-26(9-2)18-31(49)32(43)20(3)4/h8,10-15,17,20-22,26,32H,1,9,16,18-19,43H2,2-7H3,(H,44,45). The SMILES string of the molecule is C=CC(C)Nc1nc2c(c(=O)n1-c1ccc(C(=O)N(C)C(=O)OC(CC)CC(=O)C(N)C(C)C)cc1)CC(C)N(C(=O)c1ccc(Br)c(C(F)(F)F)c1)C2. The Labute approximate surface area is 319 Å². The number of alkyl halides is 3. The third-order valence-electron chi connectivity index (χ3n) is 9.30. The maximum Gasteiger partial charge on any atom is 0.417 e. The van der Waals surface area contributed by atoms with Crippen LogP contribution in [-0.2, 0) is 28.7 Å². The second kappa shape index (κ2) is 17.1. The quantitative estimate of drug-likeness (QED) is 0.195. The first-order valence-electron chi connectivity index (χ1n) is 17.4. The van der Waals surface area contributed by atoms with Crippen LogP contribution in [0.4, 0.5) is 23.9 Å². The molecule has 4 atom stereocenters. The number of halogens is 4. The van der Waals surface area contributed by atoms with Gasteiger partial charge < -0.3 is 20.7 Å². The number of nitrogens with two attached hydrogens (primary N) is 1. The predicted octanol–water partition coefficient (Wildman–Crippen LogP) is 6.52. The Kier molecular flexibility index (Phi) is 13.3. The Morgan fingerprint density at radius 3 is 2.33 bits per heavy atom. The molecular weight excluding hydrogens is 773 g/mol. The molecular formula is C38H44BrF3N6O6. The van der Waals surface area contributed by atoms with Gasteiger partial charge in [0.2, 0.25) is 5.95 Å². The molecule has 16 heteroatoms. The molecule has 1 aliphatic heterocycles. The van der Waals surface area contributed by atoms with Crippen LogP contribution in [0.1, 0.15) is 85.0 Å². The Hall–Kier alpha value is -4.83. The number of carbonyl (C=O) groups excluding carboxylic acids is 4. The number of rotatable bonds is 12. The molecule has 290 valence electrons. The summed E-state index contributed by atoms with van der Waals surface area (Å²) in [5, 5.41) is 3.12. The molecule has 1 aliphatic rings. The molecule has 2 aromatic carbocycles. The summed E-state index contributed by atoms with van der Waals surface area (Å²) in [6.45, 7) is 12.5. The summed E-state index contributed by atoms with van der Waals surface area (Å²) in [5.41, 5.74) is 5.40. The van der Waals surface area contributed by atoms with Crippen molar-refractivity contribution in [2.75, 3.05) is 12.4 Å². The van der Waals surface area contributed by atoms with Crippen LogP contribution < -0.4 is 16.6 Å². The lowest BCUT2D eigenvalue weighted by Crippen LogP contribution is -2.46. The number of aromatic nitrogens is 2. The van der Waals surface area contributed by atoms with Crippen LogP contribution in [0.3, 0.4) is 0 Å². The van der Waals surface area contributed by atoms with Crippen molar-refractivity contribution in [2.24, 2.45) is 11.7 Å². The number of amides is 3. The van der Waals surface area contributed by atoms with Crippen molar-refractivity contribution in [2.45, 2.75) is 90.8 Å². The Morgan fingerprint density at radius 2 is 1.76 bits per heavy atom. The summed E-state index contributed by atoms with van der Waals surface area (Å²) in [6, 6.07) is 7.54. The molecule has 0 saturated heterocycles. The van der Waals surface area contributed by atoms with Crippen LogP contribution in [0.2, 0.25) is 0 Å². The number of nitrogens with one attached hydrogen (secondary N) is 1. The van der Waals surface area contributed by atoms with E-state index in [9.17, 15) is 37.1 Å². The smallest absolute Gasteiger partial charge is 0.417 e. The molecule has 3 N–H and O–H groups in total. The van der Waals surface area contributed by atoms with Crippen LogP contribution in [0.5, 0.6) is 0 Å². The average Bonchev–Trinajstić information content (AvgIpc) is 3.13. The van der Waals surface area contributed by atoms with Crippen LogP contribution in [-0.4, -0.2) is 74.3 Å². The fraction of sp³-hybridized carbons (Fsp3) is 0.421. The molecule has 3 aromatic rings. The summed E-state index contributed by atoms with van der Waals surface area (Å²) in [7, 11) is 1.25. The highest BCUT2D eigenvalue weighted by molar-refractivity contribution is 9.10. The molecule has 3 amide bonds. The molecule has 0 fully saturated rings. The first-order chi connectivity index (χ1) is 25.3. The molecule has 4 unspecified atom stereocenters. The highest BCUT2D eigenvalue weighted by Gasteiger charge is 2.36. The molecule has 0 radical (unpaired) electrons. The van der Waals surface area contributed by atoms with Crippen molar-refractivity contribution in [3.8, 4) is 5.69 Å². The van der Waals surface area contributed by atoms with Gasteiger partial charge in [0.25, 0.3) is 17.4 Å². The van der Waals surface area contributed by atoms with Crippen molar-refractivity contribution in [1.82, 2.24) is 19.4 Å². The number of Topliss-reactive ketones (excluding diaryl/α,β-unsaturated/α-hetero) is 1.